The van der Waals surface area contributed by atoms with Crippen molar-refractivity contribution in [2.45, 2.75) is 12.8 Å². The summed E-state index contributed by atoms with van der Waals surface area (Å²) in [6, 6.07) is 14.9. The largest absolute Gasteiger partial charge is 0.497 e. The van der Waals surface area contributed by atoms with Gasteiger partial charge in [-0.3, -0.25) is 9.79 Å². The maximum atomic E-state index is 12.7. The lowest BCUT2D eigenvalue weighted by atomic mass is 10.1. The summed E-state index contributed by atoms with van der Waals surface area (Å²) in [7, 11) is 3.25. The van der Waals surface area contributed by atoms with E-state index in [1.54, 1.807) is 38.5 Å². The number of rotatable bonds is 6. The molecule has 0 spiro atoms. The number of aliphatic imine (C=N–C) groups is 1. The summed E-state index contributed by atoms with van der Waals surface area (Å²) in [5.74, 6) is 2.54. The molecule has 0 saturated carbocycles. The smallest absolute Gasteiger partial charge is 0.182 e. The molecule has 0 unspecified atom stereocenters. The van der Waals surface area contributed by atoms with Gasteiger partial charge in [0.2, 0.25) is 0 Å². The van der Waals surface area contributed by atoms with Crippen LogP contribution < -0.4 is 14.4 Å². The quantitative estimate of drug-likeness (QED) is 0.756. The zero-order valence-corrected chi connectivity index (χ0v) is 14.6. The number of Topliss-reactive ketones (excluding diaryl/α,β-unsaturated/α-hetero) is 1. The third-order valence-electron chi connectivity index (χ3n) is 4.26. The second-order valence-corrected chi connectivity index (χ2v) is 5.84. The van der Waals surface area contributed by atoms with Crippen molar-refractivity contribution in [3.05, 3.63) is 54.1 Å². The summed E-state index contributed by atoms with van der Waals surface area (Å²) in [5.41, 5.74) is 1.61. The van der Waals surface area contributed by atoms with Crippen molar-refractivity contribution < 1.29 is 14.3 Å². The van der Waals surface area contributed by atoms with Gasteiger partial charge in [-0.15, -0.1) is 0 Å². The van der Waals surface area contributed by atoms with Crippen LogP contribution in [-0.2, 0) is 0 Å². The Morgan fingerprint density at radius 1 is 1.00 bits per heavy atom. The number of anilines is 1. The number of benzene rings is 2. The number of hydrogen-bond acceptors (Lipinski definition) is 5. The number of hydrogen-bond donors (Lipinski definition) is 0. The lowest BCUT2D eigenvalue weighted by Gasteiger charge is -2.24. The Bertz CT molecular complexity index is 752. The summed E-state index contributed by atoms with van der Waals surface area (Å²) < 4.78 is 10.4. The minimum Gasteiger partial charge on any atom is -0.497 e. The van der Waals surface area contributed by atoms with Gasteiger partial charge in [0.05, 0.1) is 20.8 Å². The molecule has 1 aliphatic rings. The van der Waals surface area contributed by atoms with Crippen LogP contribution in [0.25, 0.3) is 0 Å². The predicted molar refractivity (Wildman–Crippen MR) is 99.2 cm³/mol. The molecule has 0 N–H and O–H groups in total. The van der Waals surface area contributed by atoms with E-state index in [1.165, 1.54) is 0 Å². The molecular formula is C20H22N2O3. The molecule has 0 aromatic heterocycles. The highest BCUT2D eigenvalue weighted by Crippen LogP contribution is 2.23. The van der Waals surface area contributed by atoms with E-state index < -0.39 is 0 Å². The van der Waals surface area contributed by atoms with Gasteiger partial charge in [-0.05, 0) is 55.0 Å². The van der Waals surface area contributed by atoms with Gasteiger partial charge < -0.3 is 14.4 Å². The molecule has 1 heterocycles. The molecule has 3 rings (SSSR count). The second kappa shape index (κ2) is 7.83. The monoisotopic (exact) mass is 338 g/mol. The topological polar surface area (TPSA) is 51.1 Å². The molecule has 25 heavy (non-hydrogen) atoms. The molecule has 0 fully saturated rings. The third kappa shape index (κ3) is 3.99. The summed E-state index contributed by atoms with van der Waals surface area (Å²) in [4.78, 5) is 19.3. The first-order chi connectivity index (χ1) is 12.2. The van der Waals surface area contributed by atoms with Gasteiger partial charge in [0, 0.05) is 24.2 Å². The maximum Gasteiger partial charge on any atom is 0.182 e. The summed E-state index contributed by atoms with van der Waals surface area (Å²) in [6.07, 6.45) is 1.92. The van der Waals surface area contributed by atoms with Crippen LogP contribution >= 0.6 is 0 Å². The first kappa shape index (κ1) is 17.0. The van der Waals surface area contributed by atoms with Crippen LogP contribution in [0.5, 0.6) is 11.5 Å². The molecule has 0 amide bonds. The van der Waals surface area contributed by atoms with E-state index in [0.717, 1.165) is 42.4 Å². The van der Waals surface area contributed by atoms with Gasteiger partial charge in [0.25, 0.3) is 0 Å². The molecule has 0 aliphatic carbocycles. The molecule has 5 nitrogen and oxygen atoms in total. The van der Waals surface area contributed by atoms with Crippen molar-refractivity contribution >= 4 is 17.3 Å². The fraction of sp³-hybridized carbons (Fsp3) is 0.300. The minimum atomic E-state index is 0.0491. The fourth-order valence-electron chi connectivity index (χ4n) is 2.85. The highest BCUT2D eigenvalue weighted by molar-refractivity contribution is 6.07. The van der Waals surface area contributed by atoms with Crippen molar-refractivity contribution in [1.29, 1.82) is 0 Å². The Kier molecular flexibility index (Phi) is 5.33. The van der Waals surface area contributed by atoms with E-state index in [0.29, 0.717) is 5.56 Å². The molecule has 0 bridgehead atoms. The molecule has 2 aromatic rings. The average molecular weight is 338 g/mol. The number of ketones is 1. The van der Waals surface area contributed by atoms with Gasteiger partial charge in [-0.1, -0.05) is 0 Å². The van der Waals surface area contributed by atoms with Gasteiger partial charge in [0.15, 0.2) is 5.78 Å². The Hall–Kier alpha value is -2.82. The zero-order chi connectivity index (χ0) is 17.6. The lowest BCUT2D eigenvalue weighted by molar-refractivity contribution is 0.100. The van der Waals surface area contributed by atoms with Crippen molar-refractivity contribution in [2.24, 2.45) is 4.99 Å². The number of carbonyl (C=O) groups is 1. The molecular weight excluding hydrogens is 316 g/mol. The Morgan fingerprint density at radius 2 is 1.60 bits per heavy atom. The molecule has 1 aliphatic heterocycles. The first-order valence-corrected chi connectivity index (χ1v) is 8.33. The number of amidine groups is 1. The van der Waals surface area contributed by atoms with Crippen molar-refractivity contribution in [2.75, 3.05) is 32.2 Å². The number of ether oxygens (including phenoxy) is 2. The normalized spacial score (nSPS) is 13.3. The molecule has 0 radical (unpaired) electrons. The lowest BCUT2D eigenvalue weighted by Crippen LogP contribution is -2.34. The number of methoxy groups -OCH3 is 2. The summed E-state index contributed by atoms with van der Waals surface area (Å²) in [6.45, 7) is 1.08. The van der Waals surface area contributed by atoms with E-state index in [1.807, 2.05) is 29.2 Å². The van der Waals surface area contributed by atoms with E-state index >= 15 is 0 Å². The van der Waals surface area contributed by atoms with Crippen LogP contribution in [0.2, 0.25) is 0 Å². The van der Waals surface area contributed by atoms with E-state index in [4.69, 9.17) is 9.47 Å². The van der Waals surface area contributed by atoms with E-state index in [2.05, 4.69) is 4.99 Å². The highest BCUT2D eigenvalue weighted by atomic mass is 16.5. The number of nitrogens with zero attached hydrogens (tertiary/aromatic N) is 2. The minimum absolute atomic E-state index is 0.0491. The van der Waals surface area contributed by atoms with Gasteiger partial charge in [-0.25, -0.2) is 0 Å². The fourth-order valence-corrected chi connectivity index (χ4v) is 2.85. The molecule has 0 saturated heterocycles. The standard InChI is InChI=1S/C20H22N2O3/c1-24-17-9-5-15(6-10-17)19(23)14-22(20-4-3-13-21-20)16-7-11-18(25-2)12-8-16/h5-12H,3-4,13-14H2,1-2H3. The Labute approximate surface area is 147 Å². The summed E-state index contributed by atoms with van der Waals surface area (Å²) >= 11 is 0. The third-order valence-corrected chi connectivity index (χ3v) is 4.26. The Balaban J connectivity index is 1.82. The first-order valence-electron chi connectivity index (χ1n) is 8.33. The Morgan fingerprint density at radius 3 is 2.12 bits per heavy atom. The average Bonchev–Trinajstić information content (AvgIpc) is 3.20. The van der Waals surface area contributed by atoms with E-state index in [-0.39, 0.29) is 12.3 Å². The second-order valence-electron chi connectivity index (χ2n) is 5.84. The van der Waals surface area contributed by atoms with Crippen molar-refractivity contribution in [3.8, 4) is 11.5 Å². The SMILES string of the molecule is COc1ccc(C(=O)CN(C2=NCCC2)c2ccc(OC)cc2)cc1. The maximum absolute atomic E-state index is 12.7. The van der Waals surface area contributed by atoms with Crippen LogP contribution in [0.4, 0.5) is 5.69 Å². The zero-order valence-electron chi connectivity index (χ0n) is 14.6. The van der Waals surface area contributed by atoms with Crippen LogP contribution in [0, 0.1) is 0 Å². The van der Waals surface area contributed by atoms with Crippen LogP contribution in [-0.4, -0.2) is 38.9 Å². The summed E-state index contributed by atoms with van der Waals surface area (Å²) in [5, 5.41) is 0. The van der Waals surface area contributed by atoms with Crippen LogP contribution in [0.15, 0.2) is 53.5 Å². The van der Waals surface area contributed by atoms with E-state index in [9.17, 15) is 4.79 Å². The molecule has 130 valence electrons. The predicted octanol–water partition coefficient (Wildman–Crippen LogP) is 3.59. The van der Waals surface area contributed by atoms with Crippen molar-refractivity contribution in [3.63, 3.8) is 0 Å². The number of carbonyl (C=O) groups excluding carboxylic acids is 1. The van der Waals surface area contributed by atoms with Gasteiger partial charge in [-0.2, -0.15) is 0 Å². The molecule has 0 atom stereocenters. The van der Waals surface area contributed by atoms with Crippen molar-refractivity contribution in [1.82, 2.24) is 0 Å². The van der Waals surface area contributed by atoms with Gasteiger partial charge in [0.1, 0.15) is 17.3 Å². The van der Waals surface area contributed by atoms with Crippen LogP contribution in [0.3, 0.4) is 0 Å². The highest BCUT2D eigenvalue weighted by Gasteiger charge is 2.20. The van der Waals surface area contributed by atoms with Gasteiger partial charge >= 0.3 is 0 Å². The molecule has 2 aromatic carbocycles. The van der Waals surface area contributed by atoms with Crippen LogP contribution in [0.1, 0.15) is 23.2 Å². The molecule has 5 heteroatoms.